The number of aliphatic hydroxyl groups is 2. The molecule has 2 aliphatic heterocycles. The molecule has 2 fully saturated rings. The van der Waals surface area contributed by atoms with Gasteiger partial charge in [-0.1, -0.05) is 24.3 Å². The number of nitrogens with zero attached hydrogens (tertiary/aromatic N) is 8. The number of anilines is 8. The van der Waals surface area contributed by atoms with Crippen molar-refractivity contribution in [3.63, 3.8) is 0 Å². The molecule has 22 nitrogen and oxygen atoms in total. The number of nitrogens with one attached hydrogen (secondary N) is 4. The quantitative estimate of drug-likeness (QED) is 0.0641. The van der Waals surface area contributed by atoms with Crippen molar-refractivity contribution in [1.29, 1.82) is 0 Å². The van der Waals surface area contributed by atoms with Crippen LogP contribution < -0.4 is 31.1 Å². The molecular weight excluding hydrogens is 777 g/mol. The van der Waals surface area contributed by atoms with Crippen LogP contribution in [0.15, 0.2) is 46.2 Å². The van der Waals surface area contributed by atoms with Crippen molar-refractivity contribution >= 4 is 79.5 Å². The van der Waals surface area contributed by atoms with Crippen molar-refractivity contribution in [3.05, 3.63) is 47.5 Å². The summed E-state index contributed by atoms with van der Waals surface area (Å²) in [6.07, 6.45) is 2.39. The van der Waals surface area contributed by atoms with E-state index in [1.165, 1.54) is 36.4 Å². The lowest BCUT2D eigenvalue weighted by atomic mass is 10.1. The maximum atomic E-state index is 12.4. The Labute approximate surface area is 321 Å². The number of benzene rings is 2. The normalized spacial score (nSPS) is 15.2. The number of morpholine rings is 2. The molecule has 0 spiro atoms. The van der Waals surface area contributed by atoms with Crippen molar-refractivity contribution in [2.45, 2.75) is 9.79 Å². The minimum absolute atomic E-state index is 0.0191. The standard InChI is InChI=1S/C32H40N12O10S2/c45-13-7-33-27-37-29(41-31(39-27)43-9-15-53-16-10-43)35-23-5-3-21(25(19-23)55(47,48)49)1-2-22-4-6-24(20-26(22)56(50,51)52)36-30-38-28(34-8-14-46)40-32(42-30)44-11-17-54-18-12-44/h1-6,19-20,45-46H,7-18H2,(H,47,48,49)(H,50,51,52)(H2,33,35,37,39,41)(H2,34,36,38,40,42)/p-2/b2-1+. The van der Waals surface area contributed by atoms with Crippen molar-refractivity contribution in [1.82, 2.24) is 29.9 Å². The minimum atomic E-state index is -5.09. The van der Waals surface area contributed by atoms with Gasteiger partial charge in [0.1, 0.15) is 20.2 Å². The molecule has 56 heavy (non-hydrogen) atoms. The Morgan fingerprint density at radius 3 is 1.34 bits per heavy atom. The molecule has 0 unspecified atom stereocenters. The SMILES string of the molecule is O=S(=O)([O-])c1cc(Nc2nc(NCCO)nc(N3CCOCC3)n2)ccc1/C=C/c1ccc(Nc2nc(NCCO)nc(N3CCOCC3)n2)cc1S(=O)(=O)[O-]. The average molecular weight is 815 g/mol. The fourth-order valence-corrected chi connectivity index (χ4v) is 6.91. The van der Waals surface area contributed by atoms with Crippen LogP contribution >= 0.6 is 0 Å². The van der Waals surface area contributed by atoms with E-state index in [4.69, 9.17) is 9.47 Å². The first kappa shape index (κ1) is 40.3. The maximum absolute atomic E-state index is 12.4. The van der Waals surface area contributed by atoms with Crippen molar-refractivity contribution in [2.24, 2.45) is 0 Å². The zero-order valence-electron chi connectivity index (χ0n) is 29.7. The summed E-state index contributed by atoms with van der Waals surface area (Å²) < 4.78 is 85.5. The zero-order chi connectivity index (χ0) is 39.7. The molecule has 2 saturated heterocycles. The second-order valence-corrected chi connectivity index (χ2v) is 14.8. The summed E-state index contributed by atoms with van der Waals surface area (Å²) >= 11 is 0. The van der Waals surface area contributed by atoms with Gasteiger partial charge in [0.25, 0.3) is 0 Å². The Bertz CT molecular complexity index is 2100. The van der Waals surface area contributed by atoms with Crippen LogP contribution in [0.1, 0.15) is 11.1 Å². The topological polar surface area (TPSA) is 305 Å². The Kier molecular flexibility index (Phi) is 13.0. The van der Waals surface area contributed by atoms with E-state index in [2.05, 4.69) is 51.2 Å². The molecule has 0 bridgehead atoms. The molecular formula is C32H38N12O10S2-2. The van der Waals surface area contributed by atoms with E-state index < -0.39 is 30.0 Å². The minimum Gasteiger partial charge on any atom is -0.744 e. The smallest absolute Gasteiger partial charge is 0.233 e. The van der Waals surface area contributed by atoms with E-state index in [1.807, 2.05) is 9.80 Å². The average Bonchev–Trinajstić information content (AvgIpc) is 3.19. The molecule has 0 amide bonds. The van der Waals surface area contributed by atoms with Crippen LogP contribution in [0.4, 0.5) is 47.1 Å². The van der Waals surface area contributed by atoms with Gasteiger partial charge < -0.3 is 59.9 Å². The summed E-state index contributed by atoms with van der Waals surface area (Å²) in [5, 5.41) is 30.0. The first-order valence-electron chi connectivity index (χ1n) is 17.2. The number of hydrogen-bond acceptors (Lipinski definition) is 22. The lowest BCUT2D eigenvalue weighted by molar-refractivity contribution is 0.122. The van der Waals surface area contributed by atoms with Gasteiger partial charge in [0.15, 0.2) is 0 Å². The summed E-state index contributed by atoms with van der Waals surface area (Å²) in [4.78, 5) is 28.6. The summed E-state index contributed by atoms with van der Waals surface area (Å²) in [5.41, 5.74) is 0.0696. The van der Waals surface area contributed by atoms with Gasteiger partial charge >= 0.3 is 0 Å². The van der Waals surface area contributed by atoms with Gasteiger partial charge in [-0.25, -0.2) is 16.8 Å². The molecule has 0 aliphatic carbocycles. The number of aliphatic hydroxyl groups excluding tert-OH is 2. The summed E-state index contributed by atoms with van der Waals surface area (Å²) in [5.74, 6) is 0.935. The van der Waals surface area contributed by atoms with Crippen LogP contribution in [0.25, 0.3) is 12.2 Å². The van der Waals surface area contributed by atoms with Gasteiger partial charge in [-0.2, -0.15) is 29.9 Å². The molecule has 4 heterocycles. The Hall–Kier alpha value is -5.34. The lowest BCUT2D eigenvalue weighted by Gasteiger charge is -2.27. The molecule has 2 aromatic carbocycles. The highest BCUT2D eigenvalue weighted by molar-refractivity contribution is 7.86. The van der Waals surface area contributed by atoms with Gasteiger partial charge in [-0.05, 0) is 35.4 Å². The summed E-state index contributed by atoms with van der Waals surface area (Å²) in [7, 11) is -10.2. The zero-order valence-corrected chi connectivity index (χ0v) is 31.3. The van der Waals surface area contributed by atoms with Crippen LogP contribution in [0.2, 0.25) is 0 Å². The molecule has 6 rings (SSSR count). The molecule has 6 N–H and O–H groups in total. The fourth-order valence-electron chi connectivity index (χ4n) is 5.51. The third-order valence-corrected chi connectivity index (χ3v) is 9.93. The Morgan fingerprint density at radius 2 is 0.982 bits per heavy atom. The van der Waals surface area contributed by atoms with E-state index in [1.54, 1.807) is 0 Å². The number of rotatable bonds is 16. The van der Waals surface area contributed by atoms with E-state index in [9.17, 15) is 36.2 Å². The second-order valence-electron chi connectivity index (χ2n) is 12.1. The largest absolute Gasteiger partial charge is 0.744 e. The van der Waals surface area contributed by atoms with E-state index >= 15 is 0 Å². The maximum Gasteiger partial charge on any atom is 0.233 e. The number of hydrogen-bond donors (Lipinski definition) is 6. The van der Waals surface area contributed by atoms with E-state index in [0.717, 1.165) is 12.1 Å². The lowest BCUT2D eigenvalue weighted by Crippen LogP contribution is -2.37. The van der Waals surface area contributed by atoms with Crippen LogP contribution in [-0.2, 0) is 29.7 Å². The van der Waals surface area contributed by atoms with Gasteiger partial charge in [0.2, 0.25) is 35.7 Å². The molecule has 2 aromatic heterocycles. The van der Waals surface area contributed by atoms with E-state index in [0.29, 0.717) is 64.5 Å². The van der Waals surface area contributed by atoms with Crippen molar-refractivity contribution in [2.75, 3.05) is 110 Å². The summed E-state index contributed by atoms with van der Waals surface area (Å²) in [6.45, 7) is 3.81. The van der Waals surface area contributed by atoms with Gasteiger partial charge in [-0.3, -0.25) is 0 Å². The first-order valence-corrected chi connectivity index (χ1v) is 20.0. The monoisotopic (exact) mass is 814 g/mol. The second kappa shape index (κ2) is 18.1. The summed E-state index contributed by atoms with van der Waals surface area (Å²) in [6, 6.07) is 7.68. The molecule has 4 aromatic rings. The van der Waals surface area contributed by atoms with Crippen LogP contribution in [0.3, 0.4) is 0 Å². The fraction of sp³-hybridized carbons (Fsp3) is 0.375. The van der Waals surface area contributed by atoms with Crippen molar-refractivity contribution < 1.29 is 45.6 Å². The van der Waals surface area contributed by atoms with Crippen LogP contribution in [-0.4, -0.2) is 145 Å². The van der Waals surface area contributed by atoms with Gasteiger partial charge in [0, 0.05) is 50.6 Å². The highest BCUT2D eigenvalue weighted by atomic mass is 32.2. The predicted molar refractivity (Wildman–Crippen MR) is 201 cm³/mol. The van der Waals surface area contributed by atoms with E-state index in [-0.39, 0.29) is 72.6 Å². The van der Waals surface area contributed by atoms with Crippen LogP contribution in [0, 0.1) is 0 Å². The van der Waals surface area contributed by atoms with Gasteiger partial charge in [0.05, 0.1) is 49.4 Å². The molecule has 0 atom stereocenters. The first-order chi connectivity index (χ1) is 26.9. The van der Waals surface area contributed by atoms with Crippen molar-refractivity contribution in [3.8, 4) is 0 Å². The third-order valence-electron chi connectivity index (χ3n) is 8.15. The number of ether oxygens (including phenoxy) is 2. The van der Waals surface area contributed by atoms with Gasteiger partial charge in [-0.15, -0.1) is 0 Å². The Morgan fingerprint density at radius 1 is 0.607 bits per heavy atom. The molecule has 2 aliphatic rings. The third kappa shape index (κ3) is 10.7. The highest BCUT2D eigenvalue weighted by Crippen LogP contribution is 2.29. The molecule has 0 saturated carbocycles. The van der Waals surface area contributed by atoms with Crippen LogP contribution in [0.5, 0.6) is 0 Å². The molecule has 24 heteroatoms. The Balaban J connectivity index is 1.27. The predicted octanol–water partition coefficient (Wildman–Crippen LogP) is 0.00400. The number of aromatic nitrogens is 6. The molecule has 300 valence electrons. The highest BCUT2D eigenvalue weighted by Gasteiger charge is 2.19. The molecule has 0 radical (unpaired) electrons.